The maximum absolute atomic E-state index is 12.3. The molecule has 0 spiro atoms. The summed E-state index contributed by atoms with van der Waals surface area (Å²) < 4.78 is 1.92. The number of carbonyl (C=O) groups excluding carboxylic acids is 1. The highest BCUT2D eigenvalue weighted by Gasteiger charge is 2.15. The average molecular weight is 442 g/mol. The smallest absolute Gasteiger partial charge is 0.194 e. The summed E-state index contributed by atoms with van der Waals surface area (Å²) in [4.78, 5) is 13.3. The van der Waals surface area contributed by atoms with Crippen LogP contribution < -0.4 is 0 Å². The van der Waals surface area contributed by atoms with Gasteiger partial charge in [-0.25, -0.2) is 0 Å². The maximum Gasteiger partial charge on any atom is 0.194 e. The van der Waals surface area contributed by atoms with Crippen LogP contribution in [0, 0.1) is 10.5 Å². The summed E-state index contributed by atoms with van der Waals surface area (Å²) in [5.74, 6) is 0.0164. The fraction of sp³-hybridized carbons (Fsp3) is 0.0833. The van der Waals surface area contributed by atoms with E-state index in [-0.39, 0.29) is 5.78 Å². The molecule has 0 aliphatic heterocycles. The molecular weight excluding hydrogens is 434 g/mol. The van der Waals surface area contributed by atoms with Gasteiger partial charge >= 0.3 is 0 Å². The molecule has 1 aromatic carbocycles. The van der Waals surface area contributed by atoms with Crippen LogP contribution in [-0.2, 0) is 0 Å². The molecule has 0 fully saturated rings. The molecule has 0 saturated heterocycles. The second-order valence-corrected chi connectivity index (χ2v) is 7.68. The van der Waals surface area contributed by atoms with Gasteiger partial charge in [-0.15, -0.1) is 11.3 Å². The molecule has 0 radical (unpaired) electrons. The van der Waals surface area contributed by atoms with Gasteiger partial charge in [0, 0.05) is 19.6 Å². The molecule has 0 saturated carbocycles. The first-order chi connectivity index (χ1) is 7.99. The van der Waals surface area contributed by atoms with E-state index in [2.05, 4.69) is 38.5 Å². The van der Waals surface area contributed by atoms with Crippen molar-refractivity contribution in [2.45, 2.75) is 6.92 Å². The summed E-state index contributed by atoms with van der Waals surface area (Å²) in [5, 5.41) is 0.614. The van der Waals surface area contributed by atoms with E-state index in [1.54, 1.807) is 23.5 Å². The van der Waals surface area contributed by atoms with Crippen LogP contribution in [0.25, 0.3) is 0 Å². The van der Waals surface area contributed by atoms with Crippen molar-refractivity contribution in [2.75, 3.05) is 0 Å². The number of halogens is 3. The van der Waals surface area contributed by atoms with Gasteiger partial charge in [0.2, 0.25) is 0 Å². The average Bonchev–Trinajstić information content (AvgIpc) is 2.61. The molecule has 0 atom stereocenters. The molecule has 88 valence electrons. The first kappa shape index (κ1) is 13.5. The second kappa shape index (κ2) is 5.38. The molecule has 0 unspecified atom stereocenters. The Labute approximate surface area is 130 Å². The topological polar surface area (TPSA) is 17.1 Å². The van der Waals surface area contributed by atoms with Gasteiger partial charge in [0.25, 0.3) is 0 Å². The number of hydrogen-bond acceptors (Lipinski definition) is 2. The number of rotatable bonds is 2. The molecule has 1 nitrogen and oxygen atoms in total. The van der Waals surface area contributed by atoms with Crippen LogP contribution in [0.15, 0.2) is 28.1 Å². The summed E-state index contributed by atoms with van der Waals surface area (Å²) in [6, 6.07) is 7.23. The fourth-order valence-electron chi connectivity index (χ4n) is 1.46. The highest BCUT2D eigenvalue weighted by Crippen LogP contribution is 2.29. The minimum absolute atomic E-state index is 0.0164. The summed E-state index contributed by atoms with van der Waals surface area (Å²) in [5.41, 5.74) is 1.36. The van der Waals surface area contributed by atoms with E-state index in [1.165, 1.54) is 0 Å². The molecule has 1 aromatic heterocycles. The first-order valence-corrected chi connectivity index (χ1v) is 7.81. The number of hydrogen-bond donors (Lipinski definition) is 0. The lowest BCUT2D eigenvalue weighted by atomic mass is 10.0. The molecule has 0 N–H and O–H groups in total. The maximum atomic E-state index is 12.3. The van der Waals surface area contributed by atoms with Gasteiger partial charge in [-0.1, -0.05) is 11.6 Å². The largest absolute Gasteiger partial charge is 0.289 e. The van der Waals surface area contributed by atoms with Crippen LogP contribution >= 0.6 is 61.5 Å². The Hall–Kier alpha value is 0.0900. The number of carbonyl (C=O) groups is 1. The van der Waals surface area contributed by atoms with Crippen molar-refractivity contribution in [2.24, 2.45) is 0 Å². The normalized spacial score (nSPS) is 10.6. The van der Waals surface area contributed by atoms with E-state index in [1.807, 2.05) is 19.1 Å². The third-order valence-electron chi connectivity index (χ3n) is 2.31. The molecule has 0 amide bonds. The summed E-state index contributed by atoms with van der Waals surface area (Å²) in [6.07, 6.45) is 0. The van der Waals surface area contributed by atoms with Crippen molar-refractivity contribution in [3.05, 3.63) is 52.6 Å². The van der Waals surface area contributed by atoms with Crippen LogP contribution in [0.1, 0.15) is 20.8 Å². The Kier molecular flexibility index (Phi) is 4.28. The summed E-state index contributed by atoms with van der Waals surface area (Å²) >= 11 is 13.1. The zero-order chi connectivity index (χ0) is 12.6. The SMILES string of the molecule is Cc1sc(Br)cc1C(=O)c1ccc(I)c(Cl)c1. The van der Waals surface area contributed by atoms with Gasteiger partial charge in [-0.2, -0.15) is 0 Å². The highest BCUT2D eigenvalue weighted by molar-refractivity contribution is 14.1. The Bertz CT molecular complexity index is 594. The van der Waals surface area contributed by atoms with Gasteiger partial charge in [0.1, 0.15) is 0 Å². The minimum atomic E-state index is 0.0164. The number of benzene rings is 1. The molecule has 0 aliphatic carbocycles. The summed E-state index contributed by atoms with van der Waals surface area (Å²) in [6.45, 7) is 1.94. The lowest BCUT2D eigenvalue weighted by molar-refractivity contribution is 0.103. The number of aryl methyl sites for hydroxylation is 1. The third-order valence-corrected chi connectivity index (χ3v) is 5.44. The van der Waals surface area contributed by atoms with Crippen molar-refractivity contribution in [1.82, 2.24) is 0 Å². The molecule has 2 rings (SSSR count). The summed E-state index contributed by atoms with van der Waals surface area (Å²) in [7, 11) is 0. The van der Waals surface area contributed by atoms with Gasteiger partial charge in [0.15, 0.2) is 5.78 Å². The predicted octanol–water partition coefficient (Wildman–Crippen LogP) is 5.31. The van der Waals surface area contributed by atoms with E-state index >= 15 is 0 Å². The highest BCUT2D eigenvalue weighted by atomic mass is 127. The molecule has 17 heavy (non-hydrogen) atoms. The van der Waals surface area contributed by atoms with E-state index < -0.39 is 0 Å². The van der Waals surface area contributed by atoms with Gasteiger partial charge in [-0.3, -0.25) is 4.79 Å². The fourth-order valence-corrected chi connectivity index (χ4v) is 3.67. The van der Waals surface area contributed by atoms with E-state index in [0.29, 0.717) is 10.6 Å². The zero-order valence-corrected chi connectivity index (χ0v) is 14.1. The van der Waals surface area contributed by atoms with E-state index in [9.17, 15) is 4.79 Å². The third kappa shape index (κ3) is 2.92. The predicted molar refractivity (Wildman–Crippen MR) is 84.4 cm³/mol. The molecule has 5 heteroatoms. The van der Waals surface area contributed by atoms with E-state index in [0.717, 1.165) is 17.8 Å². The lowest BCUT2D eigenvalue weighted by Crippen LogP contribution is -2.01. The lowest BCUT2D eigenvalue weighted by Gasteiger charge is -2.02. The van der Waals surface area contributed by atoms with Crippen LogP contribution in [-0.4, -0.2) is 5.78 Å². The van der Waals surface area contributed by atoms with Crippen molar-refractivity contribution in [1.29, 1.82) is 0 Å². The van der Waals surface area contributed by atoms with Gasteiger partial charge in [-0.05, 0) is 69.7 Å². The first-order valence-electron chi connectivity index (χ1n) is 4.74. The van der Waals surface area contributed by atoms with Crippen molar-refractivity contribution in [3.63, 3.8) is 0 Å². The van der Waals surface area contributed by atoms with Crippen LogP contribution in [0.2, 0.25) is 5.02 Å². The Morgan fingerprint density at radius 1 is 1.41 bits per heavy atom. The van der Waals surface area contributed by atoms with Crippen LogP contribution in [0.5, 0.6) is 0 Å². The van der Waals surface area contributed by atoms with Crippen molar-refractivity contribution >= 4 is 67.2 Å². The Morgan fingerprint density at radius 2 is 2.12 bits per heavy atom. The Morgan fingerprint density at radius 3 is 2.65 bits per heavy atom. The van der Waals surface area contributed by atoms with Gasteiger partial charge < -0.3 is 0 Å². The van der Waals surface area contributed by atoms with Crippen molar-refractivity contribution in [3.8, 4) is 0 Å². The zero-order valence-electron chi connectivity index (χ0n) is 8.76. The van der Waals surface area contributed by atoms with Crippen LogP contribution in [0.4, 0.5) is 0 Å². The monoisotopic (exact) mass is 440 g/mol. The molecule has 0 bridgehead atoms. The quantitative estimate of drug-likeness (QED) is 0.456. The second-order valence-electron chi connectivity index (χ2n) is 3.48. The number of ketones is 1. The standard InChI is InChI=1S/C12H7BrClIOS/c1-6-8(5-11(13)17-6)12(16)7-2-3-10(15)9(14)4-7/h2-5H,1H3. The molecule has 2 aromatic rings. The molecule has 0 aliphatic rings. The Balaban J connectivity index is 2.44. The van der Waals surface area contributed by atoms with Crippen molar-refractivity contribution < 1.29 is 4.79 Å². The van der Waals surface area contributed by atoms with Crippen LogP contribution in [0.3, 0.4) is 0 Å². The van der Waals surface area contributed by atoms with E-state index in [4.69, 9.17) is 11.6 Å². The molecule has 1 heterocycles. The van der Waals surface area contributed by atoms with Gasteiger partial charge in [0.05, 0.1) is 8.81 Å². The minimum Gasteiger partial charge on any atom is -0.289 e. The molecular formula is C12H7BrClIOS. The number of thiophene rings is 1.